The largest absolute Gasteiger partial charge is 0.341 e. The third-order valence-electron chi connectivity index (χ3n) is 4.03. The van der Waals surface area contributed by atoms with Crippen LogP contribution in [-0.2, 0) is 0 Å². The zero-order chi connectivity index (χ0) is 15.6. The van der Waals surface area contributed by atoms with E-state index < -0.39 is 16.6 Å². The van der Waals surface area contributed by atoms with Crippen molar-refractivity contribution in [2.75, 3.05) is 13.6 Å². The highest BCUT2D eigenvalue weighted by molar-refractivity contribution is 5.95. The number of halogens is 1. The normalized spacial score (nSPS) is 15.2. The molecule has 1 fully saturated rings. The summed E-state index contributed by atoms with van der Waals surface area (Å²) < 4.78 is 14.1. The van der Waals surface area contributed by atoms with Crippen molar-refractivity contribution in [3.8, 4) is 0 Å². The van der Waals surface area contributed by atoms with E-state index in [4.69, 9.17) is 0 Å². The third kappa shape index (κ3) is 3.37. The van der Waals surface area contributed by atoms with Gasteiger partial charge in [0.2, 0.25) is 0 Å². The molecule has 5 nitrogen and oxygen atoms in total. The fourth-order valence-corrected chi connectivity index (χ4v) is 2.88. The van der Waals surface area contributed by atoms with Gasteiger partial charge in [-0.3, -0.25) is 14.9 Å². The number of hydrogen-bond donors (Lipinski definition) is 0. The summed E-state index contributed by atoms with van der Waals surface area (Å²) in [5, 5.41) is 10.8. The van der Waals surface area contributed by atoms with Gasteiger partial charge in [0.25, 0.3) is 11.6 Å². The molecule has 0 unspecified atom stereocenters. The molecule has 0 aliphatic heterocycles. The molecule has 1 aromatic rings. The van der Waals surface area contributed by atoms with Crippen LogP contribution in [0.1, 0.15) is 41.6 Å². The molecule has 0 atom stereocenters. The average molecular weight is 294 g/mol. The lowest BCUT2D eigenvalue weighted by Gasteiger charge is -2.21. The maximum Gasteiger partial charge on any atom is 0.270 e. The summed E-state index contributed by atoms with van der Waals surface area (Å²) in [5.74, 6) is -0.725. The van der Waals surface area contributed by atoms with Crippen LogP contribution in [0.2, 0.25) is 0 Å². The lowest BCUT2D eigenvalue weighted by molar-refractivity contribution is -0.385. The molecule has 114 valence electrons. The molecule has 0 aromatic heterocycles. The van der Waals surface area contributed by atoms with E-state index >= 15 is 0 Å². The highest BCUT2D eigenvalue weighted by Crippen LogP contribution is 2.27. The minimum absolute atomic E-state index is 0.113. The molecule has 6 heteroatoms. The Morgan fingerprint density at radius 2 is 2.05 bits per heavy atom. The second kappa shape index (κ2) is 6.20. The number of amides is 1. The highest BCUT2D eigenvalue weighted by atomic mass is 19.1. The van der Waals surface area contributed by atoms with E-state index in [1.807, 2.05) is 0 Å². The van der Waals surface area contributed by atoms with Crippen LogP contribution in [0.3, 0.4) is 0 Å². The number of aryl methyl sites for hydroxylation is 1. The lowest BCUT2D eigenvalue weighted by atomic mass is 10.1. The van der Waals surface area contributed by atoms with Crippen LogP contribution < -0.4 is 0 Å². The van der Waals surface area contributed by atoms with Crippen molar-refractivity contribution in [2.45, 2.75) is 32.6 Å². The molecule has 0 saturated heterocycles. The molecule has 0 radical (unpaired) electrons. The lowest BCUT2D eigenvalue weighted by Crippen LogP contribution is -2.32. The first kappa shape index (κ1) is 15.4. The summed E-state index contributed by atoms with van der Waals surface area (Å²) in [6.07, 6.45) is 4.48. The second-order valence-electron chi connectivity index (χ2n) is 5.72. The van der Waals surface area contributed by atoms with Gasteiger partial charge in [0.05, 0.1) is 10.5 Å². The third-order valence-corrected chi connectivity index (χ3v) is 4.03. The number of non-ortho nitro benzene ring substituents is 1. The summed E-state index contributed by atoms with van der Waals surface area (Å²) in [6, 6.07) is 2.17. The van der Waals surface area contributed by atoms with E-state index in [1.54, 1.807) is 7.05 Å². The smallest absolute Gasteiger partial charge is 0.270 e. The van der Waals surface area contributed by atoms with Gasteiger partial charge in [-0.1, -0.05) is 12.8 Å². The highest BCUT2D eigenvalue weighted by Gasteiger charge is 2.24. The Morgan fingerprint density at radius 1 is 1.43 bits per heavy atom. The monoisotopic (exact) mass is 294 g/mol. The van der Waals surface area contributed by atoms with Crippen molar-refractivity contribution in [3.05, 3.63) is 39.2 Å². The fraction of sp³-hybridized carbons (Fsp3) is 0.533. The van der Waals surface area contributed by atoms with Crippen molar-refractivity contribution in [2.24, 2.45) is 5.92 Å². The Morgan fingerprint density at radius 3 is 2.62 bits per heavy atom. The maximum absolute atomic E-state index is 14.1. The number of benzene rings is 1. The van der Waals surface area contributed by atoms with Crippen LogP contribution in [-0.4, -0.2) is 29.3 Å². The molecule has 1 aliphatic rings. The molecule has 2 rings (SSSR count). The number of carbonyl (C=O) groups is 1. The predicted molar refractivity (Wildman–Crippen MR) is 76.7 cm³/mol. The number of nitro groups is 1. The Bertz CT molecular complexity index is 568. The van der Waals surface area contributed by atoms with Gasteiger partial charge < -0.3 is 4.90 Å². The van der Waals surface area contributed by atoms with E-state index in [9.17, 15) is 19.3 Å². The Balaban J connectivity index is 2.22. The average Bonchev–Trinajstić information content (AvgIpc) is 2.93. The van der Waals surface area contributed by atoms with Crippen LogP contribution in [0.5, 0.6) is 0 Å². The van der Waals surface area contributed by atoms with E-state index in [1.165, 1.54) is 11.8 Å². The van der Waals surface area contributed by atoms with Crippen molar-refractivity contribution in [3.63, 3.8) is 0 Å². The summed E-state index contributed by atoms with van der Waals surface area (Å²) in [6.45, 7) is 2.00. The van der Waals surface area contributed by atoms with Gasteiger partial charge in [0.1, 0.15) is 5.82 Å². The van der Waals surface area contributed by atoms with Crippen LogP contribution in [0, 0.1) is 28.8 Å². The second-order valence-corrected chi connectivity index (χ2v) is 5.72. The summed E-state index contributed by atoms with van der Waals surface area (Å²) >= 11 is 0. The van der Waals surface area contributed by atoms with Gasteiger partial charge in [-0.05, 0) is 31.2 Å². The van der Waals surface area contributed by atoms with Crippen LogP contribution in [0.4, 0.5) is 10.1 Å². The zero-order valence-corrected chi connectivity index (χ0v) is 12.3. The van der Waals surface area contributed by atoms with Crippen molar-refractivity contribution in [1.82, 2.24) is 4.90 Å². The molecular formula is C15H19FN2O3. The van der Waals surface area contributed by atoms with Crippen molar-refractivity contribution in [1.29, 1.82) is 0 Å². The zero-order valence-electron chi connectivity index (χ0n) is 12.3. The molecular weight excluding hydrogens is 275 g/mol. The number of carbonyl (C=O) groups excluding carboxylic acids is 1. The first-order valence-corrected chi connectivity index (χ1v) is 7.10. The predicted octanol–water partition coefficient (Wildman–Crippen LogP) is 3.30. The van der Waals surface area contributed by atoms with Crippen LogP contribution in [0.25, 0.3) is 0 Å². The maximum atomic E-state index is 14.1. The van der Waals surface area contributed by atoms with E-state index in [0.29, 0.717) is 12.5 Å². The SMILES string of the molecule is Cc1cc([N+](=O)[O-])cc(C(=O)N(C)CC2CCCC2)c1F. The van der Waals surface area contributed by atoms with Crippen LogP contribution in [0.15, 0.2) is 12.1 Å². The fourth-order valence-electron chi connectivity index (χ4n) is 2.88. The number of hydrogen-bond acceptors (Lipinski definition) is 3. The first-order valence-electron chi connectivity index (χ1n) is 7.10. The van der Waals surface area contributed by atoms with Gasteiger partial charge in [-0.25, -0.2) is 4.39 Å². The Hall–Kier alpha value is -1.98. The molecule has 21 heavy (non-hydrogen) atoms. The van der Waals surface area contributed by atoms with Gasteiger partial charge in [0, 0.05) is 25.7 Å². The summed E-state index contributed by atoms with van der Waals surface area (Å²) in [7, 11) is 1.62. The van der Waals surface area contributed by atoms with E-state index in [2.05, 4.69) is 0 Å². The first-order chi connectivity index (χ1) is 9.90. The topological polar surface area (TPSA) is 63.5 Å². The van der Waals surface area contributed by atoms with Crippen molar-refractivity contribution < 1.29 is 14.1 Å². The molecule has 1 saturated carbocycles. The summed E-state index contributed by atoms with van der Waals surface area (Å²) in [4.78, 5) is 24.0. The van der Waals surface area contributed by atoms with Crippen molar-refractivity contribution >= 4 is 11.6 Å². The summed E-state index contributed by atoms with van der Waals surface area (Å²) in [5.41, 5.74) is -0.365. The molecule has 0 spiro atoms. The van der Waals surface area contributed by atoms with E-state index in [-0.39, 0.29) is 16.8 Å². The minimum atomic E-state index is -0.677. The Labute approximate surface area is 122 Å². The standard InChI is InChI=1S/C15H19FN2O3/c1-10-7-12(18(20)21)8-13(14(10)16)15(19)17(2)9-11-5-3-4-6-11/h7-8,11H,3-6,9H2,1-2H3. The molecule has 0 bridgehead atoms. The number of nitrogens with zero attached hydrogens (tertiary/aromatic N) is 2. The Kier molecular flexibility index (Phi) is 4.55. The molecule has 1 aromatic carbocycles. The number of nitro benzene ring substituents is 1. The minimum Gasteiger partial charge on any atom is -0.341 e. The molecule has 1 amide bonds. The van der Waals surface area contributed by atoms with Gasteiger partial charge >= 0.3 is 0 Å². The molecule has 1 aliphatic carbocycles. The van der Waals surface area contributed by atoms with Gasteiger partial charge in [0.15, 0.2) is 0 Å². The quantitative estimate of drug-likeness (QED) is 0.632. The molecule has 0 N–H and O–H groups in total. The molecule has 0 heterocycles. The number of rotatable bonds is 4. The van der Waals surface area contributed by atoms with Gasteiger partial charge in [-0.2, -0.15) is 0 Å². The van der Waals surface area contributed by atoms with E-state index in [0.717, 1.165) is 37.8 Å². The van der Waals surface area contributed by atoms with Crippen LogP contribution >= 0.6 is 0 Å². The van der Waals surface area contributed by atoms with Gasteiger partial charge in [-0.15, -0.1) is 0 Å².